The fourth-order valence-corrected chi connectivity index (χ4v) is 3.15. The Kier molecular flexibility index (Phi) is 4.26. The van der Waals surface area contributed by atoms with E-state index in [9.17, 15) is 4.79 Å². The highest BCUT2D eigenvalue weighted by Crippen LogP contribution is 2.29. The molecule has 98 valence electrons. The maximum atomic E-state index is 11.8. The zero-order valence-corrected chi connectivity index (χ0v) is 10.6. The van der Waals surface area contributed by atoms with Crippen molar-refractivity contribution in [3.05, 3.63) is 0 Å². The van der Waals surface area contributed by atoms with Crippen molar-refractivity contribution >= 4 is 6.03 Å². The lowest BCUT2D eigenvalue weighted by molar-refractivity contribution is 0.200. The lowest BCUT2D eigenvalue weighted by atomic mass is 9.82. The molecule has 0 saturated heterocycles. The van der Waals surface area contributed by atoms with Gasteiger partial charge in [0.1, 0.15) is 0 Å². The molecule has 4 heteroatoms. The van der Waals surface area contributed by atoms with Gasteiger partial charge in [-0.05, 0) is 43.9 Å². The van der Waals surface area contributed by atoms with Gasteiger partial charge in [-0.3, -0.25) is 0 Å². The molecule has 2 aliphatic carbocycles. The second-order valence-electron chi connectivity index (χ2n) is 5.70. The van der Waals surface area contributed by atoms with Crippen LogP contribution in [-0.2, 0) is 0 Å². The first kappa shape index (κ1) is 12.7. The quantitative estimate of drug-likeness (QED) is 0.699. The summed E-state index contributed by atoms with van der Waals surface area (Å²) >= 11 is 0. The normalized spacial score (nSPS) is 36.4. The molecule has 0 bridgehead atoms. The number of nitrogens with one attached hydrogen (secondary N) is 2. The number of hydrogen-bond donors (Lipinski definition) is 3. The number of amides is 2. The summed E-state index contributed by atoms with van der Waals surface area (Å²) in [6.07, 6.45) is 6.38. The second-order valence-corrected chi connectivity index (χ2v) is 5.70. The van der Waals surface area contributed by atoms with Crippen LogP contribution in [0.15, 0.2) is 0 Å². The van der Waals surface area contributed by atoms with E-state index in [1.165, 1.54) is 0 Å². The van der Waals surface area contributed by atoms with Gasteiger partial charge in [0.25, 0.3) is 0 Å². The van der Waals surface area contributed by atoms with Crippen molar-refractivity contribution in [1.29, 1.82) is 0 Å². The minimum atomic E-state index is -0.0169. The Balaban J connectivity index is 1.70. The zero-order chi connectivity index (χ0) is 12.3. The standard InChI is InChI=1S/C13H24N2O2/c1-9-7-11(8-9)14-13(17)15-12-4-2-3-10(12)5-6-16/h9-12,16H,2-8H2,1H3,(H2,14,15,17). The van der Waals surface area contributed by atoms with Crippen LogP contribution < -0.4 is 10.6 Å². The number of aliphatic hydroxyl groups is 1. The van der Waals surface area contributed by atoms with E-state index in [4.69, 9.17) is 5.11 Å². The molecule has 2 fully saturated rings. The topological polar surface area (TPSA) is 61.4 Å². The monoisotopic (exact) mass is 240 g/mol. The van der Waals surface area contributed by atoms with Crippen molar-refractivity contribution in [3.63, 3.8) is 0 Å². The Hall–Kier alpha value is -0.770. The molecule has 0 aromatic rings. The largest absolute Gasteiger partial charge is 0.396 e. The molecule has 0 spiro atoms. The van der Waals surface area contributed by atoms with Crippen LogP contribution in [-0.4, -0.2) is 29.8 Å². The maximum Gasteiger partial charge on any atom is 0.315 e. The number of urea groups is 1. The molecule has 2 rings (SSSR count). The number of aliphatic hydroxyl groups excluding tert-OH is 1. The maximum absolute atomic E-state index is 11.8. The molecule has 17 heavy (non-hydrogen) atoms. The number of hydrogen-bond acceptors (Lipinski definition) is 2. The average molecular weight is 240 g/mol. The molecular weight excluding hydrogens is 216 g/mol. The molecule has 3 N–H and O–H groups in total. The van der Waals surface area contributed by atoms with Crippen LogP contribution in [0.2, 0.25) is 0 Å². The lowest BCUT2D eigenvalue weighted by Crippen LogP contribution is -2.51. The molecular formula is C13H24N2O2. The predicted molar refractivity (Wildman–Crippen MR) is 66.7 cm³/mol. The Labute approximate surface area is 103 Å². The van der Waals surface area contributed by atoms with Gasteiger partial charge >= 0.3 is 6.03 Å². The van der Waals surface area contributed by atoms with Gasteiger partial charge < -0.3 is 15.7 Å². The minimum absolute atomic E-state index is 0.0169. The van der Waals surface area contributed by atoms with Crippen LogP contribution in [0.3, 0.4) is 0 Å². The summed E-state index contributed by atoms with van der Waals surface area (Å²) in [5.41, 5.74) is 0. The number of carbonyl (C=O) groups is 1. The molecule has 0 aliphatic heterocycles. The third-order valence-corrected chi connectivity index (χ3v) is 4.18. The van der Waals surface area contributed by atoms with Crippen LogP contribution in [0.25, 0.3) is 0 Å². The van der Waals surface area contributed by atoms with Gasteiger partial charge in [-0.15, -0.1) is 0 Å². The van der Waals surface area contributed by atoms with Gasteiger partial charge in [-0.1, -0.05) is 13.3 Å². The minimum Gasteiger partial charge on any atom is -0.396 e. The Morgan fingerprint density at radius 1 is 1.29 bits per heavy atom. The van der Waals surface area contributed by atoms with Crippen molar-refractivity contribution in [2.45, 2.75) is 57.5 Å². The van der Waals surface area contributed by atoms with Gasteiger partial charge in [0.2, 0.25) is 0 Å². The zero-order valence-electron chi connectivity index (χ0n) is 10.6. The van der Waals surface area contributed by atoms with Crippen LogP contribution in [0.4, 0.5) is 4.79 Å². The number of carbonyl (C=O) groups excluding carboxylic acids is 1. The summed E-state index contributed by atoms with van der Waals surface area (Å²) in [4.78, 5) is 11.8. The van der Waals surface area contributed by atoms with Crippen molar-refractivity contribution < 1.29 is 9.90 Å². The average Bonchev–Trinajstić information content (AvgIpc) is 2.64. The van der Waals surface area contributed by atoms with Crippen LogP contribution >= 0.6 is 0 Å². The number of rotatable bonds is 4. The third kappa shape index (κ3) is 3.35. The van der Waals surface area contributed by atoms with E-state index in [-0.39, 0.29) is 18.7 Å². The Morgan fingerprint density at radius 2 is 2.06 bits per heavy atom. The highest BCUT2D eigenvalue weighted by Gasteiger charge is 2.30. The predicted octanol–water partition coefficient (Wildman–Crippen LogP) is 1.64. The van der Waals surface area contributed by atoms with E-state index in [0.29, 0.717) is 12.0 Å². The summed E-state index contributed by atoms with van der Waals surface area (Å²) in [6, 6.07) is 0.624. The van der Waals surface area contributed by atoms with Crippen molar-refractivity contribution in [1.82, 2.24) is 10.6 Å². The van der Waals surface area contributed by atoms with Crippen LogP contribution in [0.1, 0.15) is 45.4 Å². The molecule has 2 atom stereocenters. The summed E-state index contributed by atoms with van der Waals surface area (Å²) in [6.45, 7) is 2.44. The lowest BCUT2D eigenvalue weighted by Gasteiger charge is -2.33. The SMILES string of the molecule is CC1CC(NC(=O)NC2CCCC2CCO)C1. The van der Waals surface area contributed by atoms with Gasteiger partial charge in [0.05, 0.1) is 0 Å². The van der Waals surface area contributed by atoms with Gasteiger partial charge in [-0.25, -0.2) is 4.79 Å². The summed E-state index contributed by atoms with van der Waals surface area (Å²) in [5.74, 6) is 1.22. The second kappa shape index (κ2) is 5.71. The first-order valence-electron chi connectivity index (χ1n) is 6.87. The smallest absolute Gasteiger partial charge is 0.315 e. The molecule has 0 aromatic heterocycles. The molecule has 0 aromatic carbocycles. The molecule has 2 amide bonds. The van der Waals surface area contributed by atoms with E-state index < -0.39 is 0 Å². The van der Waals surface area contributed by atoms with Crippen molar-refractivity contribution in [2.24, 2.45) is 11.8 Å². The third-order valence-electron chi connectivity index (χ3n) is 4.18. The van der Waals surface area contributed by atoms with Gasteiger partial charge in [0, 0.05) is 18.7 Å². The van der Waals surface area contributed by atoms with E-state index in [1.54, 1.807) is 0 Å². The van der Waals surface area contributed by atoms with Crippen molar-refractivity contribution in [3.8, 4) is 0 Å². The van der Waals surface area contributed by atoms with Crippen molar-refractivity contribution in [2.75, 3.05) is 6.61 Å². The Bertz CT molecular complexity index is 264. The highest BCUT2D eigenvalue weighted by molar-refractivity contribution is 5.74. The van der Waals surface area contributed by atoms with E-state index in [0.717, 1.165) is 44.4 Å². The van der Waals surface area contributed by atoms with E-state index >= 15 is 0 Å². The Morgan fingerprint density at radius 3 is 2.71 bits per heavy atom. The first-order chi connectivity index (χ1) is 8.19. The molecule has 0 radical (unpaired) electrons. The molecule has 2 aliphatic rings. The van der Waals surface area contributed by atoms with Gasteiger partial charge in [0.15, 0.2) is 0 Å². The van der Waals surface area contributed by atoms with E-state index in [1.807, 2.05) is 0 Å². The van der Waals surface area contributed by atoms with Crippen LogP contribution in [0.5, 0.6) is 0 Å². The molecule has 2 unspecified atom stereocenters. The molecule has 4 nitrogen and oxygen atoms in total. The summed E-state index contributed by atoms with van der Waals surface area (Å²) in [7, 11) is 0. The summed E-state index contributed by atoms with van der Waals surface area (Å²) in [5, 5.41) is 15.1. The van der Waals surface area contributed by atoms with Crippen LogP contribution in [0, 0.1) is 11.8 Å². The molecule has 0 heterocycles. The highest BCUT2D eigenvalue weighted by atomic mass is 16.3. The molecule has 2 saturated carbocycles. The fourth-order valence-electron chi connectivity index (χ4n) is 3.15. The first-order valence-corrected chi connectivity index (χ1v) is 6.87. The van der Waals surface area contributed by atoms with Gasteiger partial charge in [-0.2, -0.15) is 0 Å². The van der Waals surface area contributed by atoms with E-state index in [2.05, 4.69) is 17.6 Å². The summed E-state index contributed by atoms with van der Waals surface area (Å²) < 4.78 is 0. The fraction of sp³-hybridized carbons (Fsp3) is 0.923.